The highest BCUT2D eigenvalue weighted by molar-refractivity contribution is 5.96. The highest BCUT2D eigenvalue weighted by Crippen LogP contribution is 2.31. The van der Waals surface area contributed by atoms with E-state index in [0.29, 0.717) is 29.1 Å². The van der Waals surface area contributed by atoms with E-state index in [-0.39, 0.29) is 24.3 Å². The minimum Gasteiger partial charge on any atom is -0.482 e. The Morgan fingerprint density at radius 1 is 1.33 bits per heavy atom. The SMILES string of the molecule is COC(C(=O)NCc1ccc(C(=N)N)cc1)c1ccc2c(c1)NC(=O)CO2. The number of nitrogens with two attached hydrogens (primary N) is 1. The third-order valence-corrected chi connectivity index (χ3v) is 4.14. The van der Waals surface area contributed by atoms with E-state index in [0.717, 1.165) is 5.56 Å². The smallest absolute Gasteiger partial charge is 0.262 e. The average molecular weight is 368 g/mol. The van der Waals surface area contributed by atoms with Crippen LogP contribution in [0.1, 0.15) is 22.8 Å². The van der Waals surface area contributed by atoms with E-state index in [2.05, 4.69) is 10.6 Å². The van der Waals surface area contributed by atoms with Crippen molar-refractivity contribution in [2.45, 2.75) is 12.6 Å². The van der Waals surface area contributed by atoms with E-state index in [1.54, 1.807) is 42.5 Å². The van der Waals surface area contributed by atoms with Crippen molar-refractivity contribution in [2.75, 3.05) is 19.0 Å². The number of rotatable bonds is 6. The molecule has 8 nitrogen and oxygen atoms in total. The van der Waals surface area contributed by atoms with Crippen molar-refractivity contribution in [3.63, 3.8) is 0 Å². The van der Waals surface area contributed by atoms with Crippen LogP contribution in [0.15, 0.2) is 42.5 Å². The predicted molar refractivity (Wildman–Crippen MR) is 99.6 cm³/mol. The molecular weight excluding hydrogens is 348 g/mol. The zero-order chi connectivity index (χ0) is 19.4. The summed E-state index contributed by atoms with van der Waals surface area (Å²) in [5, 5.41) is 12.9. The van der Waals surface area contributed by atoms with Crippen molar-refractivity contribution in [2.24, 2.45) is 5.73 Å². The van der Waals surface area contributed by atoms with E-state index >= 15 is 0 Å². The fourth-order valence-corrected chi connectivity index (χ4v) is 2.74. The maximum atomic E-state index is 12.5. The summed E-state index contributed by atoms with van der Waals surface area (Å²) >= 11 is 0. The summed E-state index contributed by atoms with van der Waals surface area (Å²) in [5.41, 5.74) is 8.04. The van der Waals surface area contributed by atoms with Crippen LogP contribution in [0.2, 0.25) is 0 Å². The topological polar surface area (TPSA) is 127 Å². The summed E-state index contributed by atoms with van der Waals surface area (Å²) < 4.78 is 10.7. The molecule has 1 unspecified atom stereocenters. The average Bonchev–Trinajstić information content (AvgIpc) is 2.67. The van der Waals surface area contributed by atoms with Crippen LogP contribution in [0, 0.1) is 5.41 Å². The summed E-state index contributed by atoms with van der Waals surface area (Å²) in [6.45, 7) is 0.282. The molecule has 0 saturated carbocycles. The molecule has 2 aromatic carbocycles. The maximum absolute atomic E-state index is 12.5. The molecule has 1 aliphatic rings. The second-order valence-corrected chi connectivity index (χ2v) is 6.04. The van der Waals surface area contributed by atoms with Gasteiger partial charge in [-0.15, -0.1) is 0 Å². The predicted octanol–water partition coefficient (Wildman–Crippen LogP) is 1.31. The summed E-state index contributed by atoms with van der Waals surface area (Å²) in [7, 11) is 1.44. The number of anilines is 1. The van der Waals surface area contributed by atoms with E-state index in [1.165, 1.54) is 7.11 Å². The van der Waals surface area contributed by atoms with Gasteiger partial charge < -0.3 is 25.8 Å². The van der Waals surface area contributed by atoms with Crippen molar-refractivity contribution in [3.8, 4) is 5.75 Å². The van der Waals surface area contributed by atoms with Crippen LogP contribution in [-0.2, 0) is 20.9 Å². The van der Waals surface area contributed by atoms with Gasteiger partial charge in [0.25, 0.3) is 11.8 Å². The number of carbonyl (C=O) groups excluding carboxylic acids is 2. The molecule has 0 radical (unpaired) electrons. The number of nitrogen functional groups attached to an aromatic ring is 1. The molecule has 8 heteroatoms. The number of methoxy groups -OCH3 is 1. The number of carbonyl (C=O) groups is 2. The molecule has 0 aliphatic carbocycles. The van der Waals surface area contributed by atoms with Crippen LogP contribution in [0.5, 0.6) is 5.75 Å². The minimum absolute atomic E-state index is 0.00601. The van der Waals surface area contributed by atoms with Gasteiger partial charge in [0.15, 0.2) is 12.7 Å². The van der Waals surface area contributed by atoms with Gasteiger partial charge in [0.05, 0.1) is 5.69 Å². The highest BCUT2D eigenvalue weighted by atomic mass is 16.5. The lowest BCUT2D eigenvalue weighted by molar-refractivity contribution is -0.131. The number of ether oxygens (including phenoxy) is 2. The van der Waals surface area contributed by atoms with Gasteiger partial charge in [-0.05, 0) is 23.3 Å². The molecule has 0 saturated heterocycles. The molecule has 0 bridgehead atoms. The maximum Gasteiger partial charge on any atom is 0.262 e. The fourth-order valence-electron chi connectivity index (χ4n) is 2.74. The Morgan fingerprint density at radius 2 is 2.07 bits per heavy atom. The second-order valence-electron chi connectivity index (χ2n) is 6.04. The van der Waals surface area contributed by atoms with Gasteiger partial charge in [-0.3, -0.25) is 15.0 Å². The third-order valence-electron chi connectivity index (χ3n) is 4.14. The molecule has 0 fully saturated rings. The first kappa shape index (κ1) is 18.4. The lowest BCUT2D eigenvalue weighted by atomic mass is 10.1. The van der Waals surface area contributed by atoms with Gasteiger partial charge in [-0.25, -0.2) is 0 Å². The van der Waals surface area contributed by atoms with Crippen LogP contribution >= 0.6 is 0 Å². The fraction of sp³-hybridized carbons (Fsp3) is 0.211. The number of amidine groups is 1. The van der Waals surface area contributed by atoms with Gasteiger partial charge in [0.1, 0.15) is 11.6 Å². The summed E-state index contributed by atoms with van der Waals surface area (Å²) in [6.07, 6.45) is -0.828. The molecule has 0 aromatic heterocycles. The number of amides is 2. The van der Waals surface area contributed by atoms with Crippen molar-refractivity contribution in [3.05, 3.63) is 59.2 Å². The summed E-state index contributed by atoms with van der Waals surface area (Å²) in [5.74, 6) is -0.00379. The number of benzene rings is 2. The summed E-state index contributed by atoms with van der Waals surface area (Å²) in [4.78, 5) is 24.0. The molecule has 5 N–H and O–H groups in total. The molecule has 0 spiro atoms. The van der Waals surface area contributed by atoms with Crippen LogP contribution < -0.4 is 21.1 Å². The molecule has 2 aromatic rings. The Morgan fingerprint density at radius 3 is 2.74 bits per heavy atom. The van der Waals surface area contributed by atoms with Gasteiger partial charge in [-0.1, -0.05) is 30.3 Å². The Hall–Kier alpha value is -3.39. The minimum atomic E-state index is -0.828. The number of hydrogen-bond acceptors (Lipinski definition) is 5. The first-order valence-corrected chi connectivity index (χ1v) is 8.28. The number of hydrogen-bond donors (Lipinski definition) is 4. The van der Waals surface area contributed by atoms with Crippen molar-refractivity contribution in [1.82, 2.24) is 5.32 Å². The van der Waals surface area contributed by atoms with Crippen molar-refractivity contribution >= 4 is 23.3 Å². The van der Waals surface area contributed by atoms with E-state index in [1.807, 2.05) is 0 Å². The monoisotopic (exact) mass is 368 g/mol. The summed E-state index contributed by atoms with van der Waals surface area (Å²) in [6, 6.07) is 12.1. The second kappa shape index (κ2) is 7.88. The van der Waals surface area contributed by atoms with Gasteiger partial charge in [0, 0.05) is 19.2 Å². The molecule has 1 aliphatic heterocycles. The molecule has 1 atom stereocenters. The highest BCUT2D eigenvalue weighted by Gasteiger charge is 2.23. The normalized spacial score (nSPS) is 13.7. The Kier molecular flexibility index (Phi) is 5.37. The van der Waals surface area contributed by atoms with Gasteiger partial charge in [-0.2, -0.15) is 0 Å². The van der Waals surface area contributed by atoms with Crippen LogP contribution in [0.3, 0.4) is 0 Å². The zero-order valence-electron chi connectivity index (χ0n) is 14.7. The van der Waals surface area contributed by atoms with Crippen LogP contribution in [-0.4, -0.2) is 31.4 Å². The van der Waals surface area contributed by atoms with Crippen LogP contribution in [0.25, 0.3) is 0 Å². The van der Waals surface area contributed by atoms with Gasteiger partial charge in [0.2, 0.25) is 0 Å². The molecule has 3 rings (SSSR count). The van der Waals surface area contributed by atoms with Gasteiger partial charge >= 0.3 is 0 Å². The number of fused-ring (bicyclic) bond motifs is 1. The van der Waals surface area contributed by atoms with Crippen molar-refractivity contribution in [1.29, 1.82) is 5.41 Å². The lowest BCUT2D eigenvalue weighted by Gasteiger charge is -2.21. The molecule has 1 heterocycles. The first-order valence-electron chi connectivity index (χ1n) is 8.28. The Labute approximate surface area is 156 Å². The lowest BCUT2D eigenvalue weighted by Crippen LogP contribution is -2.30. The Balaban J connectivity index is 1.68. The zero-order valence-corrected chi connectivity index (χ0v) is 14.7. The number of nitrogens with one attached hydrogen (secondary N) is 3. The third kappa shape index (κ3) is 4.24. The first-order chi connectivity index (χ1) is 13.0. The molecule has 2 amide bonds. The van der Waals surface area contributed by atoms with E-state index in [9.17, 15) is 9.59 Å². The molecular formula is C19H20N4O4. The Bertz CT molecular complexity index is 880. The quantitative estimate of drug-likeness (QED) is 0.452. The van der Waals surface area contributed by atoms with Crippen LogP contribution in [0.4, 0.5) is 5.69 Å². The standard InChI is InChI=1S/C19H20N4O4/c1-26-17(13-6-7-15-14(8-13)23-16(24)10-27-15)19(25)22-9-11-2-4-12(5-3-11)18(20)21/h2-8,17H,9-10H2,1H3,(H3,20,21)(H,22,25)(H,23,24). The molecule has 27 heavy (non-hydrogen) atoms. The van der Waals surface area contributed by atoms with E-state index < -0.39 is 6.10 Å². The van der Waals surface area contributed by atoms with Crippen molar-refractivity contribution < 1.29 is 19.1 Å². The largest absolute Gasteiger partial charge is 0.482 e. The molecule has 140 valence electrons. The van der Waals surface area contributed by atoms with E-state index in [4.69, 9.17) is 20.6 Å².